The van der Waals surface area contributed by atoms with Gasteiger partial charge in [-0.3, -0.25) is 9.69 Å². The summed E-state index contributed by atoms with van der Waals surface area (Å²) in [7, 11) is -1.57. The van der Waals surface area contributed by atoms with Crippen LogP contribution in [0.4, 0.5) is 0 Å². The summed E-state index contributed by atoms with van der Waals surface area (Å²) in [5.74, 6) is 0.470. The molecule has 4 N–H and O–H groups in total. The second kappa shape index (κ2) is 12.1. The summed E-state index contributed by atoms with van der Waals surface area (Å²) in [4.78, 5) is 18.5. The third kappa shape index (κ3) is 6.11. The largest absolute Gasteiger partial charge is 0.488 e. The Hall–Kier alpha value is -2.19. The highest BCUT2D eigenvalue weighted by Crippen LogP contribution is 2.32. The molecule has 1 amide bonds. The number of fused-ring (bicyclic) bond motifs is 1. The minimum absolute atomic E-state index is 0.0347. The van der Waals surface area contributed by atoms with E-state index in [9.17, 15) is 14.8 Å². The SMILES string of the molecule is NCc1cccc(C2CCN(C(=O)c3cc(B(O)O)cc4c3CN(C3CCCCCCC3)CC4)CC2)c1. The number of piperidine rings is 1. The van der Waals surface area contributed by atoms with Gasteiger partial charge in [-0.25, -0.2) is 0 Å². The van der Waals surface area contributed by atoms with Gasteiger partial charge >= 0.3 is 7.12 Å². The van der Waals surface area contributed by atoms with Crippen molar-refractivity contribution in [2.24, 2.45) is 5.73 Å². The number of nitrogens with zero attached hydrogens (tertiary/aromatic N) is 2. The molecule has 1 saturated heterocycles. The van der Waals surface area contributed by atoms with E-state index in [1.54, 1.807) is 6.07 Å². The van der Waals surface area contributed by atoms with Gasteiger partial charge in [-0.15, -0.1) is 0 Å². The Morgan fingerprint density at radius 2 is 1.68 bits per heavy atom. The number of carbonyl (C=O) groups excluding carboxylic acids is 1. The lowest BCUT2D eigenvalue weighted by atomic mass is 9.76. The summed E-state index contributed by atoms with van der Waals surface area (Å²) in [6.07, 6.45) is 11.8. The van der Waals surface area contributed by atoms with Gasteiger partial charge in [-0.1, -0.05) is 62.4 Å². The predicted molar refractivity (Wildman–Crippen MR) is 149 cm³/mol. The molecule has 3 aliphatic rings. The fourth-order valence-electron chi connectivity index (χ4n) is 6.72. The van der Waals surface area contributed by atoms with Crippen LogP contribution in [0, 0.1) is 0 Å². The van der Waals surface area contributed by atoms with Crippen molar-refractivity contribution in [2.75, 3.05) is 19.6 Å². The summed E-state index contributed by atoms with van der Waals surface area (Å²) < 4.78 is 0. The van der Waals surface area contributed by atoms with Crippen LogP contribution >= 0.6 is 0 Å². The van der Waals surface area contributed by atoms with Crippen molar-refractivity contribution >= 4 is 18.5 Å². The van der Waals surface area contributed by atoms with Crippen LogP contribution in [0.2, 0.25) is 0 Å². The predicted octanol–water partition coefficient (Wildman–Crippen LogP) is 3.32. The lowest BCUT2D eigenvalue weighted by molar-refractivity contribution is 0.0708. The van der Waals surface area contributed by atoms with E-state index >= 15 is 0 Å². The number of nitrogens with two attached hydrogens (primary N) is 1. The van der Waals surface area contributed by atoms with Crippen molar-refractivity contribution in [3.8, 4) is 0 Å². The van der Waals surface area contributed by atoms with Crippen molar-refractivity contribution in [3.05, 3.63) is 64.2 Å². The van der Waals surface area contributed by atoms with E-state index in [0.717, 1.165) is 49.0 Å². The first kappa shape index (κ1) is 26.4. The minimum Gasteiger partial charge on any atom is -0.423 e. The van der Waals surface area contributed by atoms with Crippen LogP contribution in [0.5, 0.6) is 0 Å². The Labute approximate surface area is 222 Å². The van der Waals surface area contributed by atoms with Crippen LogP contribution in [0.25, 0.3) is 0 Å². The zero-order valence-corrected chi connectivity index (χ0v) is 22.1. The number of likely N-dealkylation sites (tertiary alicyclic amines) is 1. The van der Waals surface area contributed by atoms with E-state index in [1.165, 1.54) is 50.5 Å². The van der Waals surface area contributed by atoms with E-state index in [-0.39, 0.29) is 5.91 Å². The topological polar surface area (TPSA) is 90.0 Å². The molecule has 2 aliphatic heterocycles. The molecule has 37 heavy (non-hydrogen) atoms. The van der Waals surface area contributed by atoms with Crippen molar-refractivity contribution in [1.29, 1.82) is 0 Å². The van der Waals surface area contributed by atoms with Gasteiger partial charge < -0.3 is 20.7 Å². The normalized spacial score (nSPS) is 20.2. The molecular weight excluding hydrogens is 461 g/mol. The van der Waals surface area contributed by atoms with Crippen molar-refractivity contribution in [3.63, 3.8) is 0 Å². The average molecular weight is 503 g/mol. The fourth-order valence-corrected chi connectivity index (χ4v) is 6.72. The first-order valence-corrected chi connectivity index (χ1v) is 14.4. The highest BCUT2D eigenvalue weighted by Gasteiger charge is 2.32. The molecule has 5 rings (SSSR count). The average Bonchev–Trinajstić information content (AvgIpc) is 2.91. The second-order valence-electron chi connectivity index (χ2n) is 11.3. The van der Waals surface area contributed by atoms with Crippen LogP contribution in [0.3, 0.4) is 0 Å². The van der Waals surface area contributed by atoms with E-state index in [1.807, 2.05) is 11.0 Å². The summed E-state index contributed by atoms with van der Waals surface area (Å²) in [6, 6.07) is 12.7. The molecule has 1 aliphatic carbocycles. The van der Waals surface area contributed by atoms with Gasteiger partial charge in [0.15, 0.2) is 0 Å². The van der Waals surface area contributed by atoms with Crippen LogP contribution in [0.1, 0.15) is 96.3 Å². The maximum Gasteiger partial charge on any atom is 0.488 e. The minimum atomic E-state index is -1.57. The first-order chi connectivity index (χ1) is 18.0. The molecular formula is C30H42BN3O3. The molecule has 0 spiro atoms. The van der Waals surface area contributed by atoms with Crippen molar-refractivity contribution < 1.29 is 14.8 Å². The smallest absolute Gasteiger partial charge is 0.423 e. The van der Waals surface area contributed by atoms with Gasteiger partial charge in [0.2, 0.25) is 0 Å². The number of amides is 1. The molecule has 7 heteroatoms. The van der Waals surface area contributed by atoms with Crippen molar-refractivity contribution in [1.82, 2.24) is 9.80 Å². The quantitative estimate of drug-likeness (QED) is 0.545. The number of hydrogen-bond donors (Lipinski definition) is 3. The van der Waals surface area contributed by atoms with E-state index in [0.29, 0.717) is 42.6 Å². The zero-order chi connectivity index (χ0) is 25.8. The van der Waals surface area contributed by atoms with Gasteiger partial charge in [-0.05, 0) is 71.8 Å². The Balaban J connectivity index is 1.34. The molecule has 0 bridgehead atoms. The third-order valence-corrected chi connectivity index (χ3v) is 8.95. The molecule has 2 aromatic rings. The molecule has 0 unspecified atom stereocenters. The molecule has 0 aromatic heterocycles. The van der Waals surface area contributed by atoms with Gasteiger partial charge in [0.05, 0.1) is 0 Å². The molecule has 198 valence electrons. The maximum atomic E-state index is 13.9. The number of carbonyl (C=O) groups is 1. The van der Waals surface area contributed by atoms with Crippen LogP contribution in [-0.2, 0) is 19.5 Å². The summed E-state index contributed by atoms with van der Waals surface area (Å²) in [6.45, 7) is 3.72. The van der Waals surface area contributed by atoms with Crippen molar-refractivity contribution in [2.45, 2.75) is 89.3 Å². The summed E-state index contributed by atoms with van der Waals surface area (Å²) in [5, 5.41) is 19.9. The molecule has 2 aromatic carbocycles. The first-order valence-electron chi connectivity index (χ1n) is 14.4. The van der Waals surface area contributed by atoms with Gasteiger partial charge in [0, 0.05) is 44.3 Å². The molecule has 6 nitrogen and oxygen atoms in total. The second-order valence-corrected chi connectivity index (χ2v) is 11.3. The highest BCUT2D eigenvalue weighted by atomic mass is 16.4. The monoisotopic (exact) mass is 503 g/mol. The van der Waals surface area contributed by atoms with Crippen LogP contribution in [-0.4, -0.2) is 58.5 Å². The number of benzene rings is 2. The summed E-state index contributed by atoms with van der Waals surface area (Å²) in [5.41, 5.74) is 11.6. The highest BCUT2D eigenvalue weighted by molar-refractivity contribution is 6.58. The Morgan fingerprint density at radius 3 is 2.38 bits per heavy atom. The number of rotatable bonds is 5. The van der Waals surface area contributed by atoms with E-state index in [4.69, 9.17) is 5.73 Å². The number of hydrogen-bond acceptors (Lipinski definition) is 5. The third-order valence-electron chi connectivity index (χ3n) is 8.95. The van der Waals surface area contributed by atoms with E-state index in [2.05, 4.69) is 29.2 Å². The fraction of sp³-hybridized carbons (Fsp3) is 0.567. The molecule has 0 radical (unpaired) electrons. The maximum absolute atomic E-state index is 13.9. The molecule has 2 heterocycles. The van der Waals surface area contributed by atoms with Gasteiger partial charge in [-0.2, -0.15) is 0 Å². The molecule has 2 fully saturated rings. The Bertz CT molecular complexity index is 1080. The lowest BCUT2D eigenvalue weighted by Gasteiger charge is -2.38. The van der Waals surface area contributed by atoms with Crippen LogP contribution in [0.15, 0.2) is 36.4 Å². The standard InChI is InChI=1S/C30H42BN3O3/c32-20-22-7-6-8-24(17-22)23-11-14-33(15-12-23)30(35)28-19-26(31(36)37)18-25-13-16-34(21-29(25)28)27-9-4-2-1-3-5-10-27/h6-8,17-19,23,27,36-37H,1-5,9-16,20-21,32H2. The Kier molecular flexibility index (Phi) is 8.65. The van der Waals surface area contributed by atoms with Crippen LogP contribution < -0.4 is 11.2 Å². The van der Waals surface area contributed by atoms with Gasteiger partial charge in [0.1, 0.15) is 0 Å². The zero-order valence-electron chi connectivity index (χ0n) is 22.1. The molecule has 0 atom stereocenters. The lowest BCUT2D eigenvalue weighted by Crippen LogP contribution is -2.43. The summed E-state index contributed by atoms with van der Waals surface area (Å²) >= 11 is 0. The van der Waals surface area contributed by atoms with E-state index < -0.39 is 7.12 Å². The molecule has 1 saturated carbocycles. The Morgan fingerprint density at radius 1 is 0.946 bits per heavy atom. The van der Waals surface area contributed by atoms with Gasteiger partial charge in [0.25, 0.3) is 5.91 Å².